The van der Waals surface area contributed by atoms with Crippen LogP contribution in [-0.4, -0.2) is 25.8 Å². The Kier molecular flexibility index (Phi) is 6.48. The van der Waals surface area contributed by atoms with Crippen molar-refractivity contribution in [2.45, 2.75) is 33.3 Å². The molecule has 0 saturated carbocycles. The predicted molar refractivity (Wildman–Crippen MR) is 70.9 cm³/mol. The second-order valence-corrected chi connectivity index (χ2v) is 3.86. The molecule has 1 atom stereocenters. The molecule has 0 aliphatic heterocycles. The highest BCUT2D eigenvalue weighted by Gasteiger charge is 2.07. The van der Waals surface area contributed by atoms with E-state index in [1.165, 1.54) is 0 Å². The third kappa shape index (κ3) is 5.09. The van der Waals surface area contributed by atoms with Crippen LogP contribution in [0.3, 0.4) is 0 Å². The molecule has 0 aliphatic carbocycles. The summed E-state index contributed by atoms with van der Waals surface area (Å²) in [4.78, 5) is 0. The largest absolute Gasteiger partial charge is 0.494 e. The lowest BCUT2D eigenvalue weighted by Gasteiger charge is -2.18. The van der Waals surface area contributed by atoms with E-state index >= 15 is 0 Å². The van der Waals surface area contributed by atoms with Gasteiger partial charge in [0.2, 0.25) is 0 Å². The van der Waals surface area contributed by atoms with Gasteiger partial charge >= 0.3 is 0 Å². The highest BCUT2D eigenvalue weighted by molar-refractivity contribution is 5.33. The normalized spacial score (nSPS) is 12.2. The molecule has 0 bridgehead atoms. The maximum Gasteiger partial charge on any atom is 0.123 e. The van der Waals surface area contributed by atoms with Gasteiger partial charge in [0.25, 0.3) is 0 Å². The zero-order valence-corrected chi connectivity index (χ0v) is 11.0. The average molecular weight is 237 g/mol. The molecule has 0 heterocycles. The Hall–Kier alpha value is -1.22. The molecule has 17 heavy (non-hydrogen) atoms. The number of nitrogens with one attached hydrogen (secondary N) is 1. The SMILES string of the molecule is CCNCC(CC)Oc1cccc(OCC)c1. The van der Waals surface area contributed by atoms with Crippen molar-refractivity contribution in [1.29, 1.82) is 0 Å². The minimum absolute atomic E-state index is 0.215. The van der Waals surface area contributed by atoms with Crippen molar-refractivity contribution in [1.82, 2.24) is 5.32 Å². The molecule has 1 aromatic rings. The molecule has 0 fully saturated rings. The maximum atomic E-state index is 5.91. The summed E-state index contributed by atoms with van der Waals surface area (Å²) in [6, 6.07) is 7.82. The molecule has 3 heteroatoms. The monoisotopic (exact) mass is 237 g/mol. The van der Waals surface area contributed by atoms with Gasteiger partial charge in [0, 0.05) is 12.6 Å². The fourth-order valence-corrected chi connectivity index (χ4v) is 1.57. The minimum Gasteiger partial charge on any atom is -0.494 e. The van der Waals surface area contributed by atoms with Crippen LogP contribution in [-0.2, 0) is 0 Å². The molecule has 0 spiro atoms. The van der Waals surface area contributed by atoms with Gasteiger partial charge in [-0.15, -0.1) is 0 Å². The van der Waals surface area contributed by atoms with Gasteiger partial charge in [-0.1, -0.05) is 19.9 Å². The highest BCUT2D eigenvalue weighted by atomic mass is 16.5. The Balaban J connectivity index is 2.55. The van der Waals surface area contributed by atoms with Crippen LogP contribution in [0.4, 0.5) is 0 Å². The van der Waals surface area contributed by atoms with Gasteiger partial charge in [0.1, 0.15) is 17.6 Å². The summed E-state index contributed by atoms with van der Waals surface area (Å²) < 4.78 is 11.4. The molecule has 1 rings (SSSR count). The van der Waals surface area contributed by atoms with Crippen LogP contribution < -0.4 is 14.8 Å². The molecule has 1 N–H and O–H groups in total. The Morgan fingerprint density at radius 3 is 2.59 bits per heavy atom. The van der Waals surface area contributed by atoms with Crippen LogP contribution in [0.15, 0.2) is 24.3 Å². The van der Waals surface area contributed by atoms with Crippen LogP contribution in [0.5, 0.6) is 11.5 Å². The lowest BCUT2D eigenvalue weighted by atomic mass is 10.2. The van der Waals surface area contributed by atoms with Gasteiger partial charge in [-0.3, -0.25) is 0 Å². The van der Waals surface area contributed by atoms with Crippen molar-refractivity contribution in [3.05, 3.63) is 24.3 Å². The van der Waals surface area contributed by atoms with Gasteiger partial charge in [-0.25, -0.2) is 0 Å². The van der Waals surface area contributed by atoms with Crippen molar-refractivity contribution in [2.75, 3.05) is 19.7 Å². The molecule has 0 amide bonds. The second kappa shape index (κ2) is 7.96. The molecular formula is C14H23NO2. The van der Waals surface area contributed by atoms with Gasteiger partial charge < -0.3 is 14.8 Å². The lowest BCUT2D eigenvalue weighted by molar-refractivity contribution is 0.193. The zero-order valence-electron chi connectivity index (χ0n) is 11.0. The summed E-state index contributed by atoms with van der Waals surface area (Å²) in [6.45, 7) is 8.74. The standard InChI is InChI=1S/C14H23NO2/c1-4-12(11-15-5-2)17-14-9-7-8-13(10-14)16-6-3/h7-10,12,15H,4-6,11H2,1-3H3. The van der Waals surface area contributed by atoms with Crippen molar-refractivity contribution in [3.8, 4) is 11.5 Å². The summed E-state index contributed by atoms with van der Waals surface area (Å²) in [5, 5.41) is 3.30. The van der Waals surface area contributed by atoms with E-state index in [-0.39, 0.29) is 6.10 Å². The van der Waals surface area contributed by atoms with Crippen molar-refractivity contribution in [3.63, 3.8) is 0 Å². The molecule has 3 nitrogen and oxygen atoms in total. The molecule has 96 valence electrons. The predicted octanol–water partition coefficient (Wildman–Crippen LogP) is 2.85. The van der Waals surface area contributed by atoms with E-state index in [4.69, 9.17) is 9.47 Å². The van der Waals surface area contributed by atoms with Crippen molar-refractivity contribution < 1.29 is 9.47 Å². The summed E-state index contributed by atoms with van der Waals surface area (Å²) in [5.41, 5.74) is 0. The van der Waals surface area contributed by atoms with Crippen LogP contribution >= 0.6 is 0 Å². The van der Waals surface area contributed by atoms with E-state index in [1.807, 2.05) is 31.2 Å². The molecule has 1 unspecified atom stereocenters. The van der Waals surface area contributed by atoms with E-state index in [1.54, 1.807) is 0 Å². The lowest BCUT2D eigenvalue weighted by Crippen LogP contribution is -2.30. The molecule has 0 aliphatic rings. The number of benzene rings is 1. The maximum absolute atomic E-state index is 5.91. The van der Waals surface area contributed by atoms with Crippen LogP contribution in [0.2, 0.25) is 0 Å². The Morgan fingerprint density at radius 2 is 1.94 bits per heavy atom. The topological polar surface area (TPSA) is 30.5 Å². The van der Waals surface area contributed by atoms with Crippen molar-refractivity contribution in [2.24, 2.45) is 0 Å². The van der Waals surface area contributed by atoms with E-state index in [0.29, 0.717) is 6.61 Å². The number of ether oxygens (including phenoxy) is 2. The van der Waals surface area contributed by atoms with E-state index in [9.17, 15) is 0 Å². The minimum atomic E-state index is 0.215. The zero-order chi connectivity index (χ0) is 12.5. The quantitative estimate of drug-likeness (QED) is 0.754. The molecule has 1 aromatic carbocycles. The Labute approximate surface area is 104 Å². The van der Waals surface area contributed by atoms with Crippen LogP contribution in [0, 0.1) is 0 Å². The molecular weight excluding hydrogens is 214 g/mol. The molecule has 0 saturated heterocycles. The van der Waals surface area contributed by atoms with E-state index in [2.05, 4.69) is 19.2 Å². The smallest absolute Gasteiger partial charge is 0.123 e. The number of likely N-dealkylation sites (N-methyl/N-ethyl adjacent to an activating group) is 1. The highest BCUT2D eigenvalue weighted by Crippen LogP contribution is 2.20. The number of hydrogen-bond acceptors (Lipinski definition) is 3. The molecule has 0 radical (unpaired) electrons. The first-order chi connectivity index (χ1) is 8.30. The summed E-state index contributed by atoms with van der Waals surface area (Å²) in [7, 11) is 0. The Bertz CT molecular complexity index is 315. The Morgan fingerprint density at radius 1 is 1.18 bits per heavy atom. The van der Waals surface area contributed by atoms with Gasteiger partial charge in [-0.05, 0) is 32.0 Å². The first kappa shape index (κ1) is 13.8. The summed E-state index contributed by atoms with van der Waals surface area (Å²) in [5.74, 6) is 1.74. The number of hydrogen-bond donors (Lipinski definition) is 1. The van der Waals surface area contributed by atoms with Gasteiger partial charge in [0.05, 0.1) is 6.61 Å². The van der Waals surface area contributed by atoms with Gasteiger partial charge in [0.15, 0.2) is 0 Å². The van der Waals surface area contributed by atoms with E-state index in [0.717, 1.165) is 31.0 Å². The third-order valence-corrected chi connectivity index (χ3v) is 2.50. The van der Waals surface area contributed by atoms with Gasteiger partial charge in [-0.2, -0.15) is 0 Å². The van der Waals surface area contributed by atoms with Crippen LogP contribution in [0.25, 0.3) is 0 Å². The fourth-order valence-electron chi connectivity index (χ4n) is 1.57. The summed E-state index contributed by atoms with van der Waals surface area (Å²) in [6.07, 6.45) is 1.21. The van der Waals surface area contributed by atoms with E-state index < -0.39 is 0 Å². The first-order valence-corrected chi connectivity index (χ1v) is 6.40. The summed E-state index contributed by atoms with van der Waals surface area (Å²) >= 11 is 0. The fraction of sp³-hybridized carbons (Fsp3) is 0.571. The first-order valence-electron chi connectivity index (χ1n) is 6.40. The average Bonchev–Trinajstić information content (AvgIpc) is 2.35. The van der Waals surface area contributed by atoms with Crippen LogP contribution in [0.1, 0.15) is 27.2 Å². The van der Waals surface area contributed by atoms with Crippen molar-refractivity contribution >= 4 is 0 Å². The third-order valence-electron chi connectivity index (χ3n) is 2.50. The molecule has 0 aromatic heterocycles. The second-order valence-electron chi connectivity index (χ2n) is 3.86. The number of rotatable bonds is 8.